The summed E-state index contributed by atoms with van der Waals surface area (Å²) in [6.07, 6.45) is 1.21. The van der Waals surface area contributed by atoms with E-state index in [1.807, 2.05) is 0 Å². The van der Waals surface area contributed by atoms with Gasteiger partial charge < -0.3 is 0 Å². The summed E-state index contributed by atoms with van der Waals surface area (Å²) in [4.78, 5) is 0. The molecule has 23 heavy (non-hydrogen) atoms. The number of hydrogen-bond donors (Lipinski definition) is 0. The molecule has 2 aromatic rings. The first kappa shape index (κ1) is 17.8. The minimum absolute atomic E-state index is 0.213. The van der Waals surface area contributed by atoms with Crippen LogP contribution < -0.4 is 0 Å². The lowest BCUT2D eigenvalue weighted by atomic mass is 9.82. The Hall–Kier alpha value is -1.56. The van der Waals surface area contributed by atoms with Crippen molar-refractivity contribution in [3.63, 3.8) is 0 Å². The summed E-state index contributed by atoms with van der Waals surface area (Å²) in [5.74, 6) is 0.604. The summed E-state index contributed by atoms with van der Waals surface area (Å²) in [7, 11) is 0. The topological polar surface area (TPSA) is 0 Å². The van der Waals surface area contributed by atoms with Crippen molar-refractivity contribution >= 4 is 0 Å². The molecule has 0 bridgehead atoms. The van der Waals surface area contributed by atoms with E-state index in [9.17, 15) is 0 Å². The Balaban J connectivity index is 2.16. The average molecular weight is 309 g/mol. The minimum atomic E-state index is 0.213. The van der Waals surface area contributed by atoms with E-state index in [-0.39, 0.29) is 5.41 Å². The molecule has 0 heteroatoms. The summed E-state index contributed by atoms with van der Waals surface area (Å²) in [6, 6.07) is 18.1. The molecule has 1 atom stereocenters. The van der Waals surface area contributed by atoms with E-state index in [0.717, 1.165) is 0 Å². The highest BCUT2D eigenvalue weighted by Crippen LogP contribution is 2.32. The van der Waals surface area contributed by atoms with Gasteiger partial charge in [0.1, 0.15) is 0 Å². The van der Waals surface area contributed by atoms with Gasteiger partial charge in [-0.2, -0.15) is 0 Å². The van der Waals surface area contributed by atoms with Crippen LogP contribution in [0.2, 0.25) is 0 Å². The van der Waals surface area contributed by atoms with E-state index in [1.165, 1.54) is 28.7 Å². The number of benzene rings is 2. The first-order chi connectivity index (χ1) is 10.6. The SMILES string of the molecule is CC(CC(C)(C)C)c1ccc(-c2ccc(C(C)(C)C)cc2)cc1. The van der Waals surface area contributed by atoms with E-state index < -0.39 is 0 Å². The van der Waals surface area contributed by atoms with Crippen LogP contribution in [0.15, 0.2) is 48.5 Å². The van der Waals surface area contributed by atoms with Crippen LogP contribution in [0.5, 0.6) is 0 Å². The van der Waals surface area contributed by atoms with Crippen LogP contribution in [-0.2, 0) is 5.41 Å². The zero-order valence-corrected chi connectivity index (χ0v) is 15.9. The molecule has 0 aliphatic heterocycles. The highest BCUT2D eigenvalue weighted by molar-refractivity contribution is 5.64. The van der Waals surface area contributed by atoms with Gasteiger partial charge in [-0.05, 0) is 45.4 Å². The van der Waals surface area contributed by atoms with E-state index >= 15 is 0 Å². The monoisotopic (exact) mass is 308 g/mol. The van der Waals surface area contributed by atoms with Gasteiger partial charge >= 0.3 is 0 Å². The van der Waals surface area contributed by atoms with Crippen LogP contribution in [-0.4, -0.2) is 0 Å². The van der Waals surface area contributed by atoms with E-state index in [1.54, 1.807) is 0 Å². The normalized spacial score (nSPS) is 13.9. The van der Waals surface area contributed by atoms with Gasteiger partial charge in [0.05, 0.1) is 0 Å². The second-order valence-electron chi connectivity index (χ2n) is 9.12. The average Bonchev–Trinajstić information content (AvgIpc) is 2.45. The van der Waals surface area contributed by atoms with Gasteiger partial charge in [-0.1, -0.05) is 97.0 Å². The van der Waals surface area contributed by atoms with Crippen molar-refractivity contribution in [3.8, 4) is 11.1 Å². The van der Waals surface area contributed by atoms with Gasteiger partial charge in [0.25, 0.3) is 0 Å². The molecule has 0 radical (unpaired) electrons. The van der Waals surface area contributed by atoms with E-state index in [0.29, 0.717) is 11.3 Å². The van der Waals surface area contributed by atoms with Crippen molar-refractivity contribution in [1.29, 1.82) is 0 Å². The Kier molecular flexibility index (Phi) is 5.04. The maximum Gasteiger partial charge on any atom is -0.0132 e. The Morgan fingerprint density at radius 3 is 1.52 bits per heavy atom. The second-order valence-corrected chi connectivity index (χ2v) is 9.12. The molecule has 2 aromatic carbocycles. The van der Waals surface area contributed by atoms with Gasteiger partial charge in [0, 0.05) is 0 Å². The maximum atomic E-state index is 2.33. The van der Waals surface area contributed by atoms with Crippen LogP contribution in [0, 0.1) is 5.41 Å². The molecule has 0 aliphatic rings. The molecule has 0 heterocycles. The van der Waals surface area contributed by atoms with Gasteiger partial charge in [-0.3, -0.25) is 0 Å². The van der Waals surface area contributed by atoms with Gasteiger partial charge in [-0.25, -0.2) is 0 Å². The summed E-state index contributed by atoms with van der Waals surface area (Å²) in [5, 5.41) is 0. The van der Waals surface area contributed by atoms with E-state index in [2.05, 4.69) is 97.0 Å². The quantitative estimate of drug-likeness (QED) is 0.563. The number of rotatable bonds is 3. The minimum Gasteiger partial charge on any atom is -0.0602 e. The third-order valence-corrected chi connectivity index (χ3v) is 4.48. The summed E-state index contributed by atoms with van der Waals surface area (Å²) < 4.78 is 0. The molecule has 0 spiro atoms. The standard InChI is InChI=1S/C23H32/c1-17(16-22(2,3)4)18-8-10-19(11-9-18)20-12-14-21(15-13-20)23(5,6)7/h8-15,17H,16H2,1-7H3. The predicted molar refractivity (Wildman–Crippen MR) is 103 cm³/mol. The molecule has 0 nitrogen and oxygen atoms in total. The molecule has 0 fully saturated rings. The van der Waals surface area contributed by atoms with Crippen LogP contribution in [0.1, 0.15) is 71.9 Å². The van der Waals surface area contributed by atoms with Gasteiger partial charge in [0.2, 0.25) is 0 Å². The molecule has 0 amide bonds. The smallest absolute Gasteiger partial charge is 0.0132 e. The third kappa shape index (κ3) is 4.96. The molecule has 1 unspecified atom stereocenters. The first-order valence-corrected chi connectivity index (χ1v) is 8.77. The van der Waals surface area contributed by atoms with Crippen LogP contribution >= 0.6 is 0 Å². The lowest BCUT2D eigenvalue weighted by Gasteiger charge is -2.23. The van der Waals surface area contributed by atoms with Gasteiger partial charge in [-0.15, -0.1) is 0 Å². The lowest BCUT2D eigenvalue weighted by molar-refractivity contribution is 0.349. The highest BCUT2D eigenvalue weighted by Gasteiger charge is 2.17. The summed E-state index contributed by atoms with van der Waals surface area (Å²) in [5.41, 5.74) is 6.02. The first-order valence-electron chi connectivity index (χ1n) is 8.77. The van der Waals surface area contributed by atoms with Crippen molar-refractivity contribution in [1.82, 2.24) is 0 Å². The molecule has 0 aliphatic carbocycles. The van der Waals surface area contributed by atoms with Crippen molar-refractivity contribution < 1.29 is 0 Å². The largest absolute Gasteiger partial charge is 0.0602 e. The van der Waals surface area contributed by atoms with Crippen molar-refractivity contribution in [3.05, 3.63) is 59.7 Å². The van der Waals surface area contributed by atoms with Crippen molar-refractivity contribution in [2.24, 2.45) is 5.41 Å². The van der Waals surface area contributed by atoms with E-state index in [4.69, 9.17) is 0 Å². The molecule has 0 aromatic heterocycles. The molecular weight excluding hydrogens is 276 g/mol. The Morgan fingerprint density at radius 2 is 1.13 bits per heavy atom. The molecule has 0 N–H and O–H groups in total. The van der Waals surface area contributed by atoms with Crippen molar-refractivity contribution in [2.75, 3.05) is 0 Å². The maximum absolute atomic E-state index is 2.33. The lowest BCUT2D eigenvalue weighted by Crippen LogP contribution is -2.10. The molecule has 0 saturated heterocycles. The number of hydrogen-bond acceptors (Lipinski definition) is 0. The second kappa shape index (κ2) is 6.51. The predicted octanol–water partition coefficient (Wildman–Crippen LogP) is 7.19. The van der Waals surface area contributed by atoms with Gasteiger partial charge in [0.15, 0.2) is 0 Å². The zero-order valence-electron chi connectivity index (χ0n) is 15.9. The summed E-state index contributed by atoms with van der Waals surface area (Å²) in [6.45, 7) is 16.0. The molecule has 2 rings (SSSR count). The van der Waals surface area contributed by atoms with Crippen molar-refractivity contribution in [2.45, 2.75) is 66.2 Å². The third-order valence-electron chi connectivity index (χ3n) is 4.48. The van der Waals surface area contributed by atoms with Crippen LogP contribution in [0.25, 0.3) is 11.1 Å². The summed E-state index contributed by atoms with van der Waals surface area (Å²) >= 11 is 0. The fourth-order valence-electron chi connectivity index (χ4n) is 3.20. The Labute approximate surface area is 143 Å². The Morgan fingerprint density at radius 1 is 0.696 bits per heavy atom. The highest BCUT2D eigenvalue weighted by atomic mass is 14.2. The molecular formula is C23H32. The molecule has 0 saturated carbocycles. The van der Waals surface area contributed by atoms with Crippen LogP contribution in [0.3, 0.4) is 0 Å². The fourth-order valence-corrected chi connectivity index (χ4v) is 3.20. The van der Waals surface area contributed by atoms with Crippen LogP contribution in [0.4, 0.5) is 0 Å². The fraction of sp³-hybridized carbons (Fsp3) is 0.478. The Bertz CT molecular complexity index is 616. The zero-order chi connectivity index (χ0) is 17.3. The molecule has 124 valence electrons.